The Morgan fingerprint density at radius 2 is 1.93 bits per heavy atom. The number of unbranched alkanes of at least 4 members (excludes halogenated alkanes) is 2. The van der Waals surface area contributed by atoms with Crippen molar-refractivity contribution < 1.29 is 0 Å². The Kier molecular flexibility index (Phi) is 6.11. The summed E-state index contributed by atoms with van der Waals surface area (Å²) < 4.78 is 0. The van der Waals surface area contributed by atoms with E-state index in [-0.39, 0.29) is 0 Å². The topological polar surface area (TPSA) is 3.24 Å². The molecule has 0 aliphatic heterocycles. The molecule has 0 radical (unpaired) electrons. The van der Waals surface area contributed by atoms with E-state index < -0.39 is 0 Å². The minimum Gasteiger partial charge on any atom is -0.301 e. The fraction of sp³-hybridized carbons (Fsp3) is 1.00. The molecule has 0 heterocycles. The van der Waals surface area contributed by atoms with E-state index in [9.17, 15) is 0 Å². The molecule has 84 valence electrons. The van der Waals surface area contributed by atoms with E-state index in [1.54, 1.807) is 0 Å². The van der Waals surface area contributed by atoms with Crippen molar-refractivity contribution in [1.29, 1.82) is 0 Å². The molecule has 1 aliphatic rings. The van der Waals surface area contributed by atoms with Crippen LogP contribution in [0.2, 0.25) is 0 Å². The highest BCUT2D eigenvalue weighted by Gasteiger charge is 2.24. The average Bonchev–Trinajstić information content (AvgIpc) is 2.93. The normalized spacial score (nSPS) is 16.9. The lowest BCUT2D eigenvalue weighted by Crippen LogP contribution is -2.33. The van der Waals surface area contributed by atoms with Crippen LogP contribution in [0.5, 0.6) is 0 Å². The quantitative estimate of drug-likeness (QED) is 0.476. The van der Waals surface area contributed by atoms with Gasteiger partial charge in [0, 0.05) is 17.9 Å². The summed E-state index contributed by atoms with van der Waals surface area (Å²) in [6.07, 6.45) is 7.03. The van der Waals surface area contributed by atoms with Gasteiger partial charge in [0.15, 0.2) is 0 Å². The number of halogens is 1. The zero-order chi connectivity index (χ0) is 10.4. The molecule has 1 aliphatic carbocycles. The Balaban J connectivity index is 2.07. The van der Waals surface area contributed by atoms with E-state index in [2.05, 4.69) is 34.7 Å². The highest BCUT2D eigenvalue weighted by atomic mass is 79.9. The fourth-order valence-electron chi connectivity index (χ4n) is 1.78. The van der Waals surface area contributed by atoms with Crippen LogP contribution in [0.4, 0.5) is 0 Å². The van der Waals surface area contributed by atoms with Gasteiger partial charge in [-0.05, 0) is 52.0 Å². The molecule has 0 aromatic heterocycles. The smallest absolute Gasteiger partial charge is 0.00387 e. The van der Waals surface area contributed by atoms with Crippen molar-refractivity contribution in [2.75, 3.05) is 18.4 Å². The Labute approximate surface area is 97.4 Å². The lowest BCUT2D eigenvalue weighted by molar-refractivity contribution is 0.208. The van der Waals surface area contributed by atoms with Gasteiger partial charge in [0.2, 0.25) is 0 Å². The van der Waals surface area contributed by atoms with Crippen LogP contribution in [0.15, 0.2) is 0 Å². The second-order valence-corrected chi connectivity index (χ2v) is 5.57. The molecule has 0 atom stereocenters. The molecule has 0 aromatic carbocycles. The minimum absolute atomic E-state index is 0.736. The summed E-state index contributed by atoms with van der Waals surface area (Å²) >= 11 is 3.48. The zero-order valence-electron chi connectivity index (χ0n) is 9.64. The van der Waals surface area contributed by atoms with Crippen LogP contribution in [-0.2, 0) is 0 Å². The van der Waals surface area contributed by atoms with Crippen LogP contribution in [0.3, 0.4) is 0 Å². The molecule has 1 nitrogen and oxygen atoms in total. The Morgan fingerprint density at radius 3 is 2.43 bits per heavy atom. The zero-order valence-corrected chi connectivity index (χ0v) is 11.2. The monoisotopic (exact) mass is 261 g/mol. The SMILES string of the molecule is CC(C)N(CCCCCBr)CC1CC1. The van der Waals surface area contributed by atoms with Crippen molar-refractivity contribution in [3.8, 4) is 0 Å². The summed E-state index contributed by atoms with van der Waals surface area (Å²) in [7, 11) is 0. The molecule has 1 fully saturated rings. The molecule has 1 rings (SSSR count). The van der Waals surface area contributed by atoms with Gasteiger partial charge in [-0.3, -0.25) is 0 Å². The average molecular weight is 262 g/mol. The first-order valence-corrected chi connectivity index (χ1v) is 7.16. The summed E-state index contributed by atoms with van der Waals surface area (Å²) in [5.74, 6) is 1.04. The predicted molar refractivity (Wildman–Crippen MR) is 67.1 cm³/mol. The van der Waals surface area contributed by atoms with E-state index in [1.807, 2.05) is 0 Å². The van der Waals surface area contributed by atoms with Gasteiger partial charge in [-0.15, -0.1) is 0 Å². The molecule has 1 saturated carbocycles. The first-order valence-electron chi connectivity index (χ1n) is 6.04. The van der Waals surface area contributed by atoms with Gasteiger partial charge < -0.3 is 4.90 Å². The predicted octanol–water partition coefficient (Wildman–Crippen LogP) is 3.67. The molecule has 0 N–H and O–H groups in total. The van der Waals surface area contributed by atoms with E-state index >= 15 is 0 Å². The van der Waals surface area contributed by atoms with Crippen molar-refractivity contribution >= 4 is 15.9 Å². The largest absolute Gasteiger partial charge is 0.301 e. The maximum Gasteiger partial charge on any atom is 0.00387 e. The van der Waals surface area contributed by atoms with E-state index in [0.717, 1.165) is 17.3 Å². The number of rotatable bonds is 8. The molecule has 14 heavy (non-hydrogen) atoms. The second-order valence-electron chi connectivity index (χ2n) is 4.78. The van der Waals surface area contributed by atoms with Crippen LogP contribution in [0, 0.1) is 5.92 Å². The maximum atomic E-state index is 3.48. The Morgan fingerprint density at radius 1 is 1.21 bits per heavy atom. The highest BCUT2D eigenvalue weighted by Crippen LogP contribution is 2.30. The Hall–Kier alpha value is 0.440. The van der Waals surface area contributed by atoms with Gasteiger partial charge in [0.1, 0.15) is 0 Å². The molecule has 2 heteroatoms. The van der Waals surface area contributed by atoms with Gasteiger partial charge in [-0.25, -0.2) is 0 Å². The van der Waals surface area contributed by atoms with Crippen molar-refractivity contribution in [1.82, 2.24) is 4.90 Å². The molecule has 0 spiro atoms. The summed E-state index contributed by atoms with van der Waals surface area (Å²) in [4.78, 5) is 2.66. The fourth-order valence-corrected chi connectivity index (χ4v) is 2.18. The van der Waals surface area contributed by atoms with Crippen LogP contribution in [-0.4, -0.2) is 29.4 Å². The van der Waals surface area contributed by atoms with Crippen LogP contribution in [0.25, 0.3) is 0 Å². The molecule has 0 aromatic rings. The third-order valence-electron chi connectivity index (χ3n) is 3.00. The van der Waals surface area contributed by atoms with Gasteiger partial charge in [-0.2, -0.15) is 0 Å². The van der Waals surface area contributed by atoms with E-state index in [0.29, 0.717) is 0 Å². The molecule has 0 amide bonds. The number of hydrogen-bond acceptors (Lipinski definition) is 1. The second kappa shape index (κ2) is 6.84. The molecule has 0 unspecified atom stereocenters. The highest BCUT2D eigenvalue weighted by molar-refractivity contribution is 9.09. The molecule has 0 saturated heterocycles. The lowest BCUT2D eigenvalue weighted by atomic mass is 10.2. The van der Waals surface area contributed by atoms with E-state index in [1.165, 1.54) is 45.2 Å². The molecule has 0 bridgehead atoms. The van der Waals surface area contributed by atoms with Crippen LogP contribution >= 0.6 is 15.9 Å². The van der Waals surface area contributed by atoms with Crippen LogP contribution in [0.1, 0.15) is 46.0 Å². The summed E-state index contributed by atoms with van der Waals surface area (Å²) in [6, 6.07) is 0.736. The minimum atomic E-state index is 0.736. The first kappa shape index (κ1) is 12.5. The van der Waals surface area contributed by atoms with Crippen molar-refractivity contribution in [2.24, 2.45) is 5.92 Å². The third-order valence-corrected chi connectivity index (χ3v) is 3.56. The van der Waals surface area contributed by atoms with E-state index in [4.69, 9.17) is 0 Å². The standard InChI is InChI=1S/C12H24BrN/c1-11(2)14(10-12-6-7-12)9-5-3-4-8-13/h11-12H,3-10H2,1-2H3. The Bertz CT molecular complexity index is 143. The number of hydrogen-bond donors (Lipinski definition) is 0. The molecular formula is C12H24BrN. The van der Waals surface area contributed by atoms with Crippen molar-refractivity contribution in [2.45, 2.75) is 52.0 Å². The van der Waals surface area contributed by atoms with Crippen LogP contribution < -0.4 is 0 Å². The number of alkyl halides is 1. The van der Waals surface area contributed by atoms with Gasteiger partial charge in [-0.1, -0.05) is 22.4 Å². The lowest BCUT2D eigenvalue weighted by Gasteiger charge is -2.26. The summed E-state index contributed by atoms with van der Waals surface area (Å²) in [5, 5.41) is 1.16. The van der Waals surface area contributed by atoms with Gasteiger partial charge in [0.25, 0.3) is 0 Å². The van der Waals surface area contributed by atoms with Gasteiger partial charge in [0.05, 0.1) is 0 Å². The van der Waals surface area contributed by atoms with Gasteiger partial charge >= 0.3 is 0 Å². The summed E-state index contributed by atoms with van der Waals surface area (Å²) in [5.41, 5.74) is 0. The van der Waals surface area contributed by atoms with Crippen molar-refractivity contribution in [3.63, 3.8) is 0 Å². The number of nitrogens with zero attached hydrogens (tertiary/aromatic N) is 1. The first-order chi connectivity index (χ1) is 6.74. The third kappa shape index (κ3) is 5.35. The maximum absolute atomic E-state index is 3.48. The molecular weight excluding hydrogens is 238 g/mol. The summed E-state index contributed by atoms with van der Waals surface area (Å²) in [6.45, 7) is 7.31. The van der Waals surface area contributed by atoms with Crippen molar-refractivity contribution in [3.05, 3.63) is 0 Å².